The van der Waals surface area contributed by atoms with Crippen LogP contribution in [0.2, 0.25) is 0 Å². The van der Waals surface area contributed by atoms with Gasteiger partial charge in [0.15, 0.2) is 0 Å². The van der Waals surface area contributed by atoms with Gasteiger partial charge < -0.3 is 9.80 Å². The van der Waals surface area contributed by atoms with Crippen LogP contribution in [0.5, 0.6) is 0 Å². The number of aryl methyl sites for hydroxylation is 1. The molecule has 2 aliphatic heterocycles. The average Bonchev–Trinajstić information content (AvgIpc) is 2.79. The number of aromatic nitrogens is 1. The quantitative estimate of drug-likeness (QED) is 0.788. The molecule has 1 amide bonds. The van der Waals surface area contributed by atoms with Crippen LogP contribution in [0.25, 0.3) is 0 Å². The maximum Gasteiger partial charge on any atom is 0.248 e. The van der Waals surface area contributed by atoms with Crippen molar-refractivity contribution in [2.24, 2.45) is 11.8 Å². The molecule has 0 aliphatic carbocycles. The molecule has 2 aliphatic rings. The van der Waals surface area contributed by atoms with Crippen molar-refractivity contribution in [1.82, 2.24) is 9.88 Å². The first kappa shape index (κ1) is 15.1. The number of likely N-dealkylation sites (tertiary alicyclic amines) is 1. The SMILES string of the molecule is C=C(C)C(=O)N1C[C@H]2CCN(c3ccnc(C)c3)CC[C@H]2C1. The number of pyridine rings is 1. The minimum atomic E-state index is 0.134. The van der Waals surface area contributed by atoms with Gasteiger partial charge in [-0.15, -0.1) is 0 Å². The van der Waals surface area contributed by atoms with E-state index in [1.807, 2.05) is 24.9 Å². The van der Waals surface area contributed by atoms with Crippen molar-refractivity contribution in [3.63, 3.8) is 0 Å². The van der Waals surface area contributed by atoms with Crippen LogP contribution in [-0.2, 0) is 4.79 Å². The average molecular weight is 299 g/mol. The van der Waals surface area contributed by atoms with E-state index in [4.69, 9.17) is 0 Å². The fourth-order valence-corrected chi connectivity index (χ4v) is 3.77. The Balaban J connectivity index is 1.65. The number of nitrogens with zero attached hydrogens (tertiary/aromatic N) is 3. The first-order valence-corrected chi connectivity index (χ1v) is 8.17. The molecule has 4 heteroatoms. The van der Waals surface area contributed by atoms with Crippen LogP contribution in [0.4, 0.5) is 5.69 Å². The Morgan fingerprint density at radius 3 is 2.45 bits per heavy atom. The second-order valence-corrected chi connectivity index (χ2v) is 6.73. The Morgan fingerprint density at radius 2 is 1.91 bits per heavy atom. The summed E-state index contributed by atoms with van der Waals surface area (Å²) in [5.41, 5.74) is 3.01. The molecule has 4 nitrogen and oxygen atoms in total. The van der Waals surface area contributed by atoms with Crippen LogP contribution >= 0.6 is 0 Å². The maximum atomic E-state index is 12.1. The highest BCUT2D eigenvalue weighted by atomic mass is 16.2. The molecule has 0 bridgehead atoms. The van der Waals surface area contributed by atoms with Crippen LogP contribution in [-0.4, -0.2) is 42.0 Å². The smallest absolute Gasteiger partial charge is 0.248 e. The third-order valence-electron chi connectivity index (χ3n) is 5.01. The zero-order valence-electron chi connectivity index (χ0n) is 13.6. The third-order valence-corrected chi connectivity index (χ3v) is 5.01. The van der Waals surface area contributed by atoms with Crippen molar-refractivity contribution in [1.29, 1.82) is 0 Å². The summed E-state index contributed by atoms with van der Waals surface area (Å²) in [4.78, 5) is 20.9. The van der Waals surface area contributed by atoms with E-state index in [1.165, 1.54) is 5.69 Å². The zero-order chi connectivity index (χ0) is 15.7. The highest BCUT2D eigenvalue weighted by molar-refractivity contribution is 5.92. The number of carbonyl (C=O) groups excluding carboxylic acids is 1. The van der Waals surface area contributed by atoms with Crippen LogP contribution in [0.1, 0.15) is 25.5 Å². The lowest BCUT2D eigenvalue weighted by Crippen LogP contribution is -2.31. The van der Waals surface area contributed by atoms with E-state index >= 15 is 0 Å². The van der Waals surface area contributed by atoms with Crippen LogP contribution in [0.3, 0.4) is 0 Å². The van der Waals surface area contributed by atoms with Gasteiger partial charge in [-0.1, -0.05) is 6.58 Å². The molecule has 0 N–H and O–H groups in total. The second kappa shape index (κ2) is 6.11. The van der Waals surface area contributed by atoms with Gasteiger partial charge in [0.2, 0.25) is 5.91 Å². The number of hydrogen-bond acceptors (Lipinski definition) is 3. The summed E-state index contributed by atoms with van der Waals surface area (Å²) >= 11 is 0. The first-order chi connectivity index (χ1) is 10.5. The summed E-state index contributed by atoms with van der Waals surface area (Å²) in [6, 6.07) is 4.27. The van der Waals surface area contributed by atoms with Gasteiger partial charge in [-0.25, -0.2) is 0 Å². The lowest BCUT2D eigenvalue weighted by atomic mass is 9.92. The van der Waals surface area contributed by atoms with Gasteiger partial charge in [0.1, 0.15) is 0 Å². The molecule has 1 aromatic heterocycles. The monoisotopic (exact) mass is 299 g/mol. The number of amides is 1. The summed E-state index contributed by atoms with van der Waals surface area (Å²) in [7, 11) is 0. The van der Waals surface area contributed by atoms with E-state index in [0.717, 1.165) is 44.7 Å². The number of hydrogen-bond donors (Lipinski definition) is 0. The summed E-state index contributed by atoms with van der Waals surface area (Å²) in [5.74, 6) is 1.40. The standard InChI is InChI=1S/C18H25N3O/c1-13(2)18(22)21-11-15-5-8-20(9-6-16(15)12-21)17-4-7-19-14(3)10-17/h4,7,10,15-16H,1,5-6,8-9,11-12H2,2-3H3/t15-,16+. The highest BCUT2D eigenvalue weighted by Crippen LogP contribution is 2.33. The van der Waals surface area contributed by atoms with E-state index < -0.39 is 0 Å². The Morgan fingerprint density at radius 1 is 1.27 bits per heavy atom. The van der Waals surface area contributed by atoms with E-state index in [-0.39, 0.29) is 5.91 Å². The number of carbonyl (C=O) groups is 1. The molecule has 118 valence electrons. The van der Waals surface area contributed by atoms with Crippen molar-refractivity contribution in [3.05, 3.63) is 36.2 Å². The van der Waals surface area contributed by atoms with Crippen molar-refractivity contribution in [2.75, 3.05) is 31.1 Å². The minimum Gasteiger partial charge on any atom is -0.371 e. The molecule has 2 atom stereocenters. The molecule has 22 heavy (non-hydrogen) atoms. The van der Waals surface area contributed by atoms with Gasteiger partial charge >= 0.3 is 0 Å². The molecular formula is C18H25N3O. The van der Waals surface area contributed by atoms with Gasteiger partial charge in [-0.3, -0.25) is 9.78 Å². The molecule has 2 saturated heterocycles. The van der Waals surface area contributed by atoms with Crippen molar-refractivity contribution >= 4 is 11.6 Å². The van der Waals surface area contributed by atoms with Crippen LogP contribution in [0.15, 0.2) is 30.5 Å². The van der Waals surface area contributed by atoms with Gasteiger partial charge in [-0.2, -0.15) is 0 Å². The van der Waals surface area contributed by atoms with Gasteiger partial charge in [0.25, 0.3) is 0 Å². The molecule has 1 aromatic rings. The van der Waals surface area contributed by atoms with Gasteiger partial charge in [0, 0.05) is 49.3 Å². The Labute approximate surface area is 132 Å². The zero-order valence-corrected chi connectivity index (χ0v) is 13.6. The van der Waals surface area contributed by atoms with Crippen LogP contribution < -0.4 is 4.90 Å². The highest BCUT2D eigenvalue weighted by Gasteiger charge is 2.36. The fraction of sp³-hybridized carbons (Fsp3) is 0.556. The third kappa shape index (κ3) is 3.01. The van der Waals surface area contributed by atoms with Gasteiger partial charge in [-0.05, 0) is 50.7 Å². The van der Waals surface area contributed by atoms with Crippen LogP contribution in [0, 0.1) is 18.8 Å². The van der Waals surface area contributed by atoms with E-state index in [9.17, 15) is 4.79 Å². The summed E-state index contributed by atoms with van der Waals surface area (Å²) in [6.45, 7) is 11.6. The lowest BCUT2D eigenvalue weighted by Gasteiger charge is -2.24. The lowest BCUT2D eigenvalue weighted by molar-refractivity contribution is -0.126. The van der Waals surface area contributed by atoms with E-state index in [1.54, 1.807) is 0 Å². The van der Waals surface area contributed by atoms with Crippen molar-refractivity contribution in [3.8, 4) is 0 Å². The van der Waals surface area contributed by atoms with E-state index in [0.29, 0.717) is 17.4 Å². The molecular weight excluding hydrogens is 274 g/mol. The predicted octanol–water partition coefficient (Wildman–Crippen LogP) is 2.64. The molecule has 0 unspecified atom stereocenters. The molecule has 3 rings (SSSR count). The summed E-state index contributed by atoms with van der Waals surface area (Å²) in [6.07, 6.45) is 4.21. The number of anilines is 1. The molecule has 0 saturated carbocycles. The number of rotatable bonds is 2. The first-order valence-electron chi connectivity index (χ1n) is 8.17. The molecule has 0 aromatic carbocycles. The second-order valence-electron chi connectivity index (χ2n) is 6.73. The molecule has 2 fully saturated rings. The summed E-state index contributed by atoms with van der Waals surface area (Å²) in [5, 5.41) is 0. The topological polar surface area (TPSA) is 36.4 Å². The van der Waals surface area contributed by atoms with Crippen molar-refractivity contribution < 1.29 is 4.79 Å². The van der Waals surface area contributed by atoms with Gasteiger partial charge in [0.05, 0.1) is 0 Å². The molecule has 0 spiro atoms. The van der Waals surface area contributed by atoms with Crippen molar-refractivity contribution in [2.45, 2.75) is 26.7 Å². The Bertz CT molecular complexity index is 567. The summed E-state index contributed by atoms with van der Waals surface area (Å²) < 4.78 is 0. The normalized spacial score (nSPS) is 24.8. The Kier molecular flexibility index (Phi) is 4.19. The Hall–Kier alpha value is -1.84. The maximum absolute atomic E-state index is 12.1. The minimum absolute atomic E-state index is 0.134. The van der Waals surface area contributed by atoms with E-state index in [2.05, 4.69) is 28.6 Å². The number of fused-ring (bicyclic) bond motifs is 1. The molecule has 0 radical (unpaired) electrons. The fourth-order valence-electron chi connectivity index (χ4n) is 3.77. The largest absolute Gasteiger partial charge is 0.371 e. The molecule has 3 heterocycles. The predicted molar refractivity (Wildman–Crippen MR) is 88.8 cm³/mol.